The molecule has 220 valence electrons. The molecule has 2 aromatic heterocycles. The van der Waals surface area contributed by atoms with Crippen molar-refractivity contribution >= 4 is 44.3 Å². The van der Waals surface area contributed by atoms with Gasteiger partial charge in [0.05, 0.1) is 40.8 Å². The molecule has 0 bridgehead atoms. The van der Waals surface area contributed by atoms with Crippen molar-refractivity contribution < 1.29 is 27.5 Å². The highest BCUT2D eigenvalue weighted by Crippen LogP contribution is 2.33. The minimum atomic E-state index is -4.72. The first-order valence-corrected chi connectivity index (χ1v) is 14.3. The molecule has 12 heteroatoms. The van der Waals surface area contributed by atoms with Crippen LogP contribution in [0.1, 0.15) is 62.6 Å². The van der Waals surface area contributed by atoms with Crippen molar-refractivity contribution in [2.75, 3.05) is 18.5 Å². The Labute approximate surface area is 248 Å². The molecule has 0 spiro atoms. The fraction of sp³-hybridized carbons (Fsp3) is 0.333. The van der Waals surface area contributed by atoms with Crippen LogP contribution in [-0.4, -0.2) is 45.8 Å². The molecule has 1 unspecified atom stereocenters. The maximum Gasteiger partial charge on any atom is 0.433 e. The summed E-state index contributed by atoms with van der Waals surface area (Å²) in [5.74, 6) is -0.873. The van der Waals surface area contributed by atoms with Gasteiger partial charge in [0.25, 0.3) is 11.8 Å². The summed E-state index contributed by atoms with van der Waals surface area (Å²) >= 11 is 3.31. The number of aromatic nitrogens is 3. The molecule has 3 heterocycles. The third-order valence-corrected chi connectivity index (χ3v) is 7.73. The molecular formula is C30H29BrF3N5O3. The van der Waals surface area contributed by atoms with Gasteiger partial charge in [0.2, 0.25) is 0 Å². The molecule has 0 saturated carbocycles. The number of anilines is 1. The average Bonchev–Trinajstić information content (AvgIpc) is 3.22. The van der Waals surface area contributed by atoms with Crippen LogP contribution >= 0.6 is 15.9 Å². The number of carbonyl (C=O) groups is 2. The monoisotopic (exact) mass is 643 g/mol. The Balaban J connectivity index is 1.31. The molecule has 5 rings (SSSR count). The Kier molecular flexibility index (Phi) is 8.65. The van der Waals surface area contributed by atoms with E-state index in [1.54, 1.807) is 42.8 Å². The van der Waals surface area contributed by atoms with Gasteiger partial charge in [0.1, 0.15) is 5.69 Å². The number of hydrogen-bond donors (Lipinski definition) is 2. The number of rotatable bonds is 7. The predicted octanol–water partition coefficient (Wildman–Crippen LogP) is 6.43. The number of fused-ring (bicyclic) bond motifs is 1. The summed E-state index contributed by atoms with van der Waals surface area (Å²) in [7, 11) is 0. The van der Waals surface area contributed by atoms with E-state index in [1.807, 2.05) is 12.1 Å². The van der Waals surface area contributed by atoms with Gasteiger partial charge in [-0.05, 0) is 75.1 Å². The van der Waals surface area contributed by atoms with Gasteiger partial charge in [0.15, 0.2) is 0 Å². The quantitative estimate of drug-likeness (QED) is 0.242. The number of hydrogen-bond acceptors (Lipinski definition) is 5. The van der Waals surface area contributed by atoms with E-state index < -0.39 is 17.8 Å². The largest absolute Gasteiger partial charge is 0.433 e. The fourth-order valence-electron chi connectivity index (χ4n) is 4.96. The summed E-state index contributed by atoms with van der Waals surface area (Å²) in [6.45, 7) is 5.05. The molecule has 1 atom stereocenters. The van der Waals surface area contributed by atoms with Gasteiger partial charge < -0.3 is 15.4 Å². The van der Waals surface area contributed by atoms with Gasteiger partial charge >= 0.3 is 6.18 Å². The Hall–Kier alpha value is -3.77. The first kappa shape index (κ1) is 29.7. The second kappa shape index (κ2) is 12.2. The number of aryl methyl sites for hydroxylation is 1. The number of nitrogens with one attached hydrogen (secondary N) is 2. The number of benzene rings is 2. The predicted molar refractivity (Wildman–Crippen MR) is 156 cm³/mol. The third-order valence-electron chi connectivity index (χ3n) is 7.24. The van der Waals surface area contributed by atoms with Crippen molar-refractivity contribution in [3.05, 3.63) is 86.8 Å². The van der Waals surface area contributed by atoms with E-state index in [9.17, 15) is 22.8 Å². The Morgan fingerprint density at radius 2 is 1.83 bits per heavy atom. The van der Waals surface area contributed by atoms with Crippen LogP contribution in [0.15, 0.2) is 53.0 Å². The van der Waals surface area contributed by atoms with E-state index in [4.69, 9.17) is 4.74 Å². The molecule has 2 N–H and O–H groups in total. The number of alkyl halides is 3. The Bertz CT molecular complexity index is 1630. The van der Waals surface area contributed by atoms with Crippen LogP contribution in [0.4, 0.5) is 18.9 Å². The highest BCUT2D eigenvalue weighted by atomic mass is 79.9. The van der Waals surface area contributed by atoms with Crippen LogP contribution in [0, 0.1) is 13.8 Å². The van der Waals surface area contributed by atoms with Crippen molar-refractivity contribution in [1.29, 1.82) is 0 Å². The minimum Gasteiger partial charge on any atom is -0.376 e. The second-order valence-corrected chi connectivity index (χ2v) is 11.2. The number of nitrogens with zero attached hydrogens (tertiary/aromatic N) is 3. The van der Waals surface area contributed by atoms with Crippen molar-refractivity contribution in [3.63, 3.8) is 0 Å². The molecular weight excluding hydrogens is 615 g/mol. The maximum absolute atomic E-state index is 13.5. The minimum absolute atomic E-state index is 0.0496. The van der Waals surface area contributed by atoms with Crippen LogP contribution in [0.5, 0.6) is 0 Å². The lowest BCUT2D eigenvalue weighted by atomic mass is 10.1. The van der Waals surface area contributed by atoms with Crippen LogP contribution in [0.25, 0.3) is 10.9 Å². The van der Waals surface area contributed by atoms with Crippen molar-refractivity contribution in [2.45, 2.75) is 51.9 Å². The van der Waals surface area contributed by atoms with Crippen LogP contribution in [0.3, 0.4) is 0 Å². The number of pyridine rings is 1. The van der Waals surface area contributed by atoms with Gasteiger partial charge in [-0.15, -0.1) is 0 Å². The maximum atomic E-state index is 13.5. The molecule has 1 saturated heterocycles. The molecule has 1 aliphatic rings. The van der Waals surface area contributed by atoms with Gasteiger partial charge in [0, 0.05) is 28.6 Å². The second-order valence-electron chi connectivity index (χ2n) is 10.3. The van der Waals surface area contributed by atoms with Crippen LogP contribution in [0.2, 0.25) is 0 Å². The molecule has 42 heavy (non-hydrogen) atoms. The van der Waals surface area contributed by atoms with Gasteiger partial charge in [-0.25, -0.2) is 4.98 Å². The highest BCUT2D eigenvalue weighted by molar-refractivity contribution is 9.10. The highest BCUT2D eigenvalue weighted by Gasteiger charge is 2.34. The Morgan fingerprint density at radius 1 is 1.07 bits per heavy atom. The van der Waals surface area contributed by atoms with E-state index in [1.165, 1.54) is 6.07 Å². The van der Waals surface area contributed by atoms with Gasteiger partial charge in [-0.3, -0.25) is 14.3 Å². The molecule has 8 nitrogen and oxygen atoms in total. The van der Waals surface area contributed by atoms with Crippen LogP contribution in [-0.2, 0) is 17.5 Å². The lowest BCUT2D eigenvalue weighted by Gasteiger charge is -2.22. The van der Waals surface area contributed by atoms with E-state index >= 15 is 0 Å². The summed E-state index contributed by atoms with van der Waals surface area (Å²) < 4.78 is 48.6. The van der Waals surface area contributed by atoms with Gasteiger partial charge in [-0.2, -0.15) is 18.3 Å². The summed E-state index contributed by atoms with van der Waals surface area (Å²) in [4.78, 5) is 29.6. The zero-order valence-electron chi connectivity index (χ0n) is 23.0. The average molecular weight is 644 g/mol. The van der Waals surface area contributed by atoms with E-state index in [0.717, 1.165) is 37.5 Å². The lowest BCUT2D eigenvalue weighted by Crippen LogP contribution is -2.35. The zero-order chi connectivity index (χ0) is 30.0. The standard InChI is InChI=1S/C30H29BrF3N5O3/c1-17-27(37-29(41)24-14-26(30(32,33)34)36-25-11-10-21(31)13-23(24)25)18(2)39(38-17)16-19-6-8-20(9-7-19)28(40)35-15-22-5-3-4-12-42-22/h6-11,13-14,22H,3-5,12,15-16H2,1-2H3,(H,35,40)(H,37,41). The normalized spacial score (nSPS) is 15.5. The van der Waals surface area contributed by atoms with E-state index in [2.05, 4.69) is 36.6 Å². The third kappa shape index (κ3) is 6.65. The summed E-state index contributed by atoms with van der Waals surface area (Å²) in [6.07, 6.45) is -1.57. The SMILES string of the molecule is Cc1nn(Cc2ccc(C(=O)NCC3CCCCO3)cc2)c(C)c1NC(=O)c1cc(C(F)(F)F)nc2ccc(Br)cc12. The number of carbonyl (C=O) groups excluding carboxylic acids is 2. The molecule has 4 aromatic rings. The molecule has 2 aromatic carbocycles. The van der Waals surface area contributed by atoms with Crippen LogP contribution < -0.4 is 10.6 Å². The summed E-state index contributed by atoms with van der Waals surface area (Å²) in [5, 5.41) is 10.5. The van der Waals surface area contributed by atoms with E-state index in [-0.39, 0.29) is 28.5 Å². The first-order valence-electron chi connectivity index (χ1n) is 13.5. The summed E-state index contributed by atoms with van der Waals surface area (Å²) in [6, 6.07) is 12.5. The van der Waals surface area contributed by atoms with Crippen molar-refractivity contribution in [2.24, 2.45) is 0 Å². The topological polar surface area (TPSA) is 98.1 Å². The fourth-order valence-corrected chi connectivity index (χ4v) is 5.32. The smallest absolute Gasteiger partial charge is 0.376 e. The number of amides is 2. The molecule has 1 fully saturated rings. The zero-order valence-corrected chi connectivity index (χ0v) is 24.6. The number of halogens is 4. The molecule has 1 aliphatic heterocycles. The molecule has 0 radical (unpaired) electrons. The molecule has 0 aliphatic carbocycles. The van der Waals surface area contributed by atoms with Crippen molar-refractivity contribution in [3.8, 4) is 0 Å². The van der Waals surface area contributed by atoms with Crippen molar-refractivity contribution in [1.82, 2.24) is 20.1 Å². The number of ether oxygens (including phenoxy) is 1. The van der Waals surface area contributed by atoms with E-state index in [0.29, 0.717) is 40.2 Å². The van der Waals surface area contributed by atoms with Gasteiger partial charge in [-0.1, -0.05) is 28.1 Å². The summed E-state index contributed by atoms with van der Waals surface area (Å²) in [5.41, 5.74) is 1.73. The lowest BCUT2D eigenvalue weighted by molar-refractivity contribution is -0.141. The molecule has 2 amide bonds. The Morgan fingerprint density at radius 3 is 2.52 bits per heavy atom. The first-order chi connectivity index (χ1) is 20.0.